The molecule has 1 saturated carbocycles. The summed E-state index contributed by atoms with van der Waals surface area (Å²) in [6.45, 7) is 5.36. The number of alkyl halides is 5. The SMILES string of the molecule is Cc1cc(C(=O)OC(C)(C)C)c(F)cc1OCC1(C(F)(F)C(F)(F)F)CCCCC1. The molecule has 0 amide bonds. The highest BCUT2D eigenvalue weighted by molar-refractivity contribution is 5.90. The average Bonchev–Trinajstić information content (AvgIpc) is 2.60. The van der Waals surface area contributed by atoms with Crippen LogP contribution in [0.1, 0.15) is 68.8 Å². The number of hydrogen-bond donors (Lipinski definition) is 0. The van der Waals surface area contributed by atoms with E-state index in [4.69, 9.17) is 9.47 Å². The van der Waals surface area contributed by atoms with Crippen LogP contribution in [-0.4, -0.2) is 30.3 Å². The molecule has 0 unspecified atom stereocenters. The van der Waals surface area contributed by atoms with Gasteiger partial charge in [-0.25, -0.2) is 9.18 Å². The number of esters is 1. The molecule has 1 fully saturated rings. The van der Waals surface area contributed by atoms with Gasteiger partial charge in [-0.15, -0.1) is 0 Å². The Kier molecular flexibility index (Phi) is 6.74. The third kappa shape index (κ3) is 5.03. The second-order valence-electron chi connectivity index (χ2n) is 8.80. The van der Waals surface area contributed by atoms with Crippen LogP contribution in [-0.2, 0) is 4.74 Å². The summed E-state index contributed by atoms with van der Waals surface area (Å²) >= 11 is 0. The molecule has 1 aromatic rings. The zero-order valence-electron chi connectivity index (χ0n) is 17.4. The van der Waals surface area contributed by atoms with Crippen LogP contribution in [0.4, 0.5) is 26.3 Å². The largest absolute Gasteiger partial charge is 0.492 e. The molecule has 1 aliphatic rings. The predicted octanol–water partition coefficient (Wildman–Crippen LogP) is 6.62. The Morgan fingerprint density at radius 1 is 1.03 bits per heavy atom. The van der Waals surface area contributed by atoms with Crippen LogP contribution in [0.25, 0.3) is 0 Å². The number of ether oxygens (including phenoxy) is 2. The topological polar surface area (TPSA) is 35.5 Å². The fourth-order valence-electron chi connectivity index (χ4n) is 3.60. The van der Waals surface area contributed by atoms with E-state index in [1.807, 2.05) is 0 Å². The van der Waals surface area contributed by atoms with E-state index in [1.165, 1.54) is 6.92 Å². The summed E-state index contributed by atoms with van der Waals surface area (Å²) in [4.78, 5) is 12.1. The summed E-state index contributed by atoms with van der Waals surface area (Å²) in [5.41, 5.74) is -3.43. The second-order valence-corrected chi connectivity index (χ2v) is 8.80. The highest BCUT2D eigenvalue weighted by Gasteiger charge is 2.69. The molecular weight excluding hydrogens is 414 g/mol. The average molecular weight is 440 g/mol. The predicted molar refractivity (Wildman–Crippen MR) is 98.3 cm³/mol. The molecule has 9 heteroatoms. The van der Waals surface area contributed by atoms with Gasteiger partial charge in [0, 0.05) is 6.07 Å². The molecule has 0 radical (unpaired) electrons. The van der Waals surface area contributed by atoms with E-state index in [0.29, 0.717) is 6.42 Å². The lowest BCUT2D eigenvalue weighted by molar-refractivity contribution is -0.335. The first-order chi connectivity index (χ1) is 13.6. The van der Waals surface area contributed by atoms with Gasteiger partial charge in [-0.1, -0.05) is 19.3 Å². The highest BCUT2D eigenvalue weighted by atomic mass is 19.4. The lowest BCUT2D eigenvalue weighted by Crippen LogP contribution is -2.55. The molecule has 1 aromatic carbocycles. The van der Waals surface area contributed by atoms with Gasteiger partial charge < -0.3 is 9.47 Å². The molecular formula is C21H26F6O3. The molecule has 0 aliphatic heterocycles. The molecule has 170 valence electrons. The number of hydrogen-bond acceptors (Lipinski definition) is 3. The Morgan fingerprint density at radius 3 is 2.10 bits per heavy atom. The molecule has 2 rings (SSSR count). The van der Waals surface area contributed by atoms with Gasteiger partial charge in [0.25, 0.3) is 0 Å². The molecule has 0 heterocycles. The first kappa shape index (κ1) is 24.3. The Hall–Kier alpha value is -1.93. The van der Waals surface area contributed by atoms with Crippen LogP contribution < -0.4 is 4.74 Å². The number of rotatable bonds is 5. The van der Waals surface area contributed by atoms with Crippen molar-refractivity contribution in [2.24, 2.45) is 5.41 Å². The van der Waals surface area contributed by atoms with Crippen molar-refractivity contribution in [1.29, 1.82) is 0 Å². The van der Waals surface area contributed by atoms with Gasteiger partial charge in [0.15, 0.2) is 0 Å². The van der Waals surface area contributed by atoms with Crippen LogP contribution in [0.2, 0.25) is 0 Å². The van der Waals surface area contributed by atoms with Crippen LogP contribution in [0.15, 0.2) is 12.1 Å². The van der Waals surface area contributed by atoms with Crippen LogP contribution >= 0.6 is 0 Å². The van der Waals surface area contributed by atoms with Gasteiger partial charge in [-0.05, 0) is 52.2 Å². The summed E-state index contributed by atoms with van der Waals surface area (Å²) in [6, 6.07) is 1.95. The molecule has 0 atom stereocenters. The lowest BCUT2D eigenvalue weighted by atomic mass is 9.69. The van der Waals surface area contributed by atoms with Gasteiger partial charge in [0.2, 0.25) is 0 Å². The van der Waals surface area contributed by atoms with Gasteiger partial charge in [-0.2, -0.15) is 22.0 Å². The summed E-state index contributed by atoms with van der Waals surface area (Å²) < 4.78 is 92.8. The van der Waals surface area contributed by atoms with Crippen LogP contribution in [0.3, 0.4) is 0 Å². The zero-order chi connectivity index (χ0) is 23.0. The quantitative estimate of drug-likeness (QED) is 0.382. The fraction of sp³-hybridized carbons (Fsp3) is 0.667. The monoisotopic (exact) mass is 440 g/mol. The first-order valence-corrected chi connectivity index (χ1v) is 9.70. The molecule has 0 aromatic heterocycles. The second kappa shape index (κ2) is 8.30. The lowest BCUT2D eigenvalue weighted by Gasteiger charge is -2.43. The number of halogens is 6. The van der Waals surface area contributed by atoms with Gasteiger partial charge in [0.05, 0.1) is 17.6 Å². The minimum Gasteiger partial charge on any atom is -0.492 e. The number of aryl methyl sites for hydroxylation is 1. The van der Waals surface area contributed by atoms with Crippen molar-refractivity contribution in [1.82, 2.24) is 0 Å². The Bertz CT molecular complexity index is 774. The van der Waals surface area contributed by atoms with E-state index in [0.717, 1.165) is 12.1 Å². The summed E-state index contributed by atoms with van der Waals surface area (Å²) in [5.74, 6) is -7.06. The Morgan fingerprint density at radius 2 is 1.60 bits per heavy atom. The van der Waals surface area contributed by atoms with E-state index >= 15 is 0 Å². The van der Waals surface area contributed by atoms with Gasteiger partial charge in [0.1, 0.15) is 17.2 Å². The number of carbonyl (C=O) groups excluding carboxylic acids is 1. The van der Waals surface area contributed by atoms with Gasteiger partial charge in [-0.3, -0.25) is 0 Å². The highest BCUT2D eigenvalue weighted by Crippen LogP contribution is 2.55. The molecule has 0 spiro atoms. The van der Waals surface area contributed by atoms with E-state index in [9.17, 15) is 31.1 Å². The fourth-order valence-corrected chi connectivity index (χ4v) is 3.60. The van der Waals surface area contributed by atoms with E-state index in [1.54, 1.807) is 20.8 Å². The minimum atomic E-state index is -5.71. The van der Waals surface area contributed by atoms with Crippen molar-refractivity contribution in [2.75, 3.05) is 6.61 Å². The van der Waals surface area contributed by atoms with E-state index in [-0.39, 0.29) is 42.6 Å². The van der Waals surface area contributed by atoms with Crippen molar-refractivity contribution < 1.29 is 40.6 Å². The third-order valence-electron chi connectivity index (χ3n) is 5.22. The molecule has 0 N–H and O–H groups in total. The van der Waals surface area contributed by atoms with Crippen LogP contribution in [0.5, 0.6) is 5.75 Å². The maximum atomic E-state index is 14.4. The standard InChI is InChI=1S/C21H26F6O3/c1-13-10-14(17(28)30-18(2,3)4)15(22)11-16(13)29-12-19(8-6-5-7-9-19)20(23,24)21(25,26)27/h10-11H,5-9,12H2,1-4H3. The van der Waals surface area contributed by atoms with E-state index in [2.05, 4.69) is 0 Å². The maximum absolute atomic E-state index is 14.4. The third-order valence-corrected chi connectivity index (χ3v) is 5.22. The summed E-state index contributed by atoms with van der Waals surface area (Å²) in [7, 11) is 0. The van der Waals surface area contributed by atoms with Crippen molar-refractivity contribution in [3.05, 3.63) is 29.1 Å². The van der Waals surface area contributed by atoms with Crippen molar-refractivity contribution in [3.8, 4) is 5.75 Å². The van der Waals surface area contributed by atoms with Crippen molar-refractivity contribution in [2.45, 2.75) is 77.5 Å². The molecule has 0 saturated heterocycles. The Balaban J connectivity index is 2.28. The smallest absolute Gasteiger partial charge is 0.453 e. The molecule has 30 heavy (non-hydrogen) atoms. The maximum Gasteiger partial charge on any atom is 0.453 e. The molecule has 1 aliphatic carbocycles. The normalized spacial score (nSPS) is 17.5. The van der Waals surface area contributed by atoms with E-state index < -0.39 is 41.5 Å². The van der Waals surface area contributed by atoms with Crippen molar-refractivity contribution >= 4 is 5.97 Å². The number of carbonyl (C=O) groups is 1. The molecule has 0 bridgehead atoms. The molecule has 3 nitrogen and oxygen atoms in total. The minimum absolute atomic E-state index is 0.192. The number of benzene rings is 1. The summed E-state index contributed by atoms with van der Waals surface area (Å²) in [6.07, 6.45) is -5.41. The van der Waals surface area contributed by atoms with Crippen LogP contribution in [0, 0.1) is 18.2 Å². The van der Waals surface area contributed by atoms with Gasteiger partial charge >= 0.3 is 18.1 Å². The Labute approximate surface area is 171 Å². The summed E-state index contributed by atoms with van der Waals surface area (Å²) in [5, 5.41) is 0. The van der Waals surface area contributed by atoms with Crippen molar-refractivity contribution in [3.63, 3.8) is 0 Å². The first-order valence-electron chi connectivity index (χ1n) is 9.70. The zero-order valence-corrected chi connectivity index (χ0v) is 17.4.